The highest BCUT2D eigenvalue weighted by molar-refractivity contribution is 7.86. The number of rotatable bonds is 3. The van der Waals surface area contributed by atoms with E-state index in [-0.39, 0.29) is 0 Å². The summed E-state index contributed by atoms with van der Waals surface area (Å²) in [6.07, 6.45) is 3.20. The Balaban J connectivity index is 1.96. The van der Waals surface area contributed by atoms with Gasteiger partial charge in [0.1, 0.15) is 0 Å². The predicted octanol–water partition coefficient (Wildman–Crippen LogP) is 0.258. The van der Waals surface area contributed by atoms with Crippen LogP contribution in [0.25, 0.3) is 0 Å². The fraction of sp³-hybridized carbons (Fsp3) is 1.00. The fourth-order valence-electron chi connectivity index (χ4n) is 2.59. The van der Waals surface area contributed by atoms with E-state index in [2.05, 4.69) is 12.2 Å². The molecule has 6 heteroatoms. The van der Waals surface area contributed by atoms with Crippen molar-refractivity contribution in [3.8, 4) is 0 Å². The first-order chi connectivity index (χ1) is 8.14. The molecule has 0 aromatic carbocycles. The molecule has 2 heterocycles. The van der Waals surface area contributed by atoms with Crippen LogP contribution in [0.1, 0.15) is 26.2 Å². The van der Waals surface area contributed by atoms with E-state index in [9.17, 15) is 8.42 Å². The van der Waals surface area contributed by atoms with Gasteiger partial charge in [-0.3, -0.25) is 0 Å². The summed E-state index contributed by atoms with van der Waals surface area (Å²) < 4.78 is 28.0. The standard InChI is InChI=1S/C11H23N3O2S/c1-2-11-3-7-13(8-4-11)17(15,16)14-9-5-12-6-10-14/h11-12H,2-10H2,1H3. The van der Waals surface area contributed by atoms with Crippen LogP contribution < -0.4 is 5.32 Å². The Labute approximate surface area is 104 Å². The van der Waals surface area contributed by atoms with Gasteiger partial charge in [-0.2, -0.15) is 17.0 Å². The molecule has 2 saturated heterocycles. The second-order valence-corrected chi connectivity index (χ2v) is 6.84. The van der Waals surface area contributed by atoms with Crippen molar-refractivity contribution in [2.75, 3.05) is 39.3 Å². The van der Waals surface area contributed by atoms with Gasteiger partial charge < -0.3 is 5.32 Å². The van der Waals surface area contributed by atoms with Crippen LogP contribution in [0.15, 0.2) is 0 Å². The van der Waals surface area contributed by atoms with E-state index in [0.29, 0.717) is 32.1 Å². The average Bonchev–Trinajstić information content (AvgIpc) is 2.40. The molecule has 17 heavy (non-hydrogen) atoms. The first-order valence-corrected chi connectivity index (χ1v) is 8.00. The molecule has 2 rings (SSSR count). The van der Waals surface area contributed by atoms with Crippen molar-refractivity contribution in [1.82, 2.24) is 13.9 Å². The highest BCUT2D eigenvalue weighted by Crippen LogP contribution is 2.23. The first kappa shape index (κ1) is 13.3. The molecule has 0 aromatic rings. The molecule has 0 aliphatic carbocycles. The van der Waals surface area contributed by atoms with Crippen molar-refractivity contribution in [3.05, 3.63) is 0 Å². The van der Waals surface area contributed by atoms with Gasteiger partial charge in [0.15, 0.2) is 0 Å². The van der Waals surface area contributed by atoms with E-state index in [4.69, 9.17) is 0 Å². The van der Waals surface area contributed by atoms with Gasteiger partial charge in [-0.15, -0.1) is 0 Å². The van der Waals surface area contributed by atoms with Crippen molar-refractivity contribution in [2.24, 2.45) is 5.92 Å². The largest absolute Gasteiger partial charge is 0.314 e. The zero-order valence-electron chi connectivity index (χ0n) is 10.6. The summed E-state index contributed by atoms with van der Waals surface area (Å²) in [6.45, 7) is 6.34. The summed E-state index contributed by atoms with van der Waals surface area (Å²) in [4.78, 5) is 0. The van der Waals surface area contributed by atoms with Crippen LogP contribution in [0, 0.1) is 5.92 Å². The molecule has 2 aliphatic rings. The second kappa shape index (κ2) is 5.65. The minimum Gasteiger partial charge on any atom is -0.314 e. The molecule has 0 spiro atoms. The summed E-state index contributed by atoms with van der Waals surface area (Å²) >= 11 is 0. The molecule has 0 atom stereocenters. The van der Waals surface area contributed by atoms with Crippen LogP contribution in [0.5, 0.6) is 0 Å². The second-order valence-electron chi connectivity index (χ2n) is 4.91. The third kappa shape index (κ3) is 2.99. The molecule has 1 N–H and O–H groups in total. The Morgan fingerprint density at radius 2 is 1.59 bits per heavy atom. The van der Waals surface area contributed by atoms with E-state index in [0.717, 1.165) is 25.9 Å². The zero-order chi connectivity index (χ0) is 12.3. The molecule has 0 saturated carbocycles. The van der Waals surface area contributed by atoms with E-state index >= 15 is 0 Å². The lowest BCUT2D eigenvalue weighted by Crippen LogP contribution is -2.53. The van der Waals surface area contributed by atoms with Crippen molar-refractivity contribution < 1.29 is 8.42 Å². The highest BCUT2D eigenvalue weighted by atomic mass is 32.2. The van der Waals surface area contributed by atoms with Crippen molar-refractivity contribution in [1.29, 1.82) is 0 Å². The molecule has 5 nitrogen and oxygen atoms in total. The number of piperazine rings is 1. The monoisotopic (exact) mass is 261 g/mol. The molecule has 0 bridgehead atoms. The number of hydrogen-bond acceptors (Lipinski definition) is 3. The van der Waals surface area contributed by atoms with Crippen LogP contribution in [0.2, 0.25) is 0 Å². The van der Waals surface area contributed by atoms with Gasteiger partial charge in [0.25, 0.3) is 10.2 Å². The van der Waals surface area contributed by atoms with Gasteiger partial charge >= 0.3 is 0 Å². The third-order valence-electron chi connectivity index (χ3n) is 3.88. The van der Waals surface area contributed by atoms with Gasteiger partial charge in [-0.25, -0.2) is 0 Å². The molecule has 0 aromatic heterocycles. The third-order valence-corrected chi connectivity index (χ3v) is 5.91. The van der Waals surface area contributed by atoms with Crippen molar-refractivity contribution >= 4 is 10.2 Å². The van der Waals surface area contributed by atoms with E-state index in [1.807, 2.05) is 0 Å². The summed E-state index contributed by atoms with van der Waals surface area (Å²) in [6, 6.07) is 0. The van der Waals surface area contributed by atoms with Gasteiger partial charge in [0, 0.05) is 39.3 Å². The molecule has 0 unspecified atom stereocenters. The van der Waals surface area contributed by atoms with Crippen LogP contribution in [-0.2, 0) is 10.2 Å². The maximum Gasteiger partial charge on any atom is 0.282 e. The van der Waals surface area contributed by atoms with E-state index < -0.39 is 10.2 Å². The Hall–Kier alpha value is -0.170. The molecular weight excluding hydrogens is 238 g/mol. The lowest BCUT2D eigenvalue weighted by Gasteiger charge is -2.36. The summed E-state index contributed by atoms with van der Waals surface area (Å²) in [5.74, 6) is 0.712. The number of nitrogens with one attached hydrogen (secondary N) is 1. The Morgan fingerprint density at radius 1 is 1.06 bits per heavy atom. The molecule has 2 fully saturated rings. The lowest BCUT2D eigenvalue weighted by molar-refractivity contribution is 0.244. The normalized spacial score (nSPS) is 26.2. The molecule has 2 aliphatic heterocycles. The first-order valence-electron chi connectivity index (χ1n) is 6.60. The topological polar surface area (TPSA) is 52.7 Å². The highest BCUT2D eigenvalue weighted by Gasteiger charge is 2.32. The van der Waals surface area contributed by atoms with E-state index in [1.54, 1.807) is 8.61 Å². The van der Waals surface area contributed by atoms with Gasteiger partial charge in [-0.1, -0.05) is 13.3 Å². The minimum atomic E-state index is -3.19. The van der Waals surface area contributed by atoms with Gasteiger partial charge in [-0.05, 0) is 18.8 Å². The Kier molecular flexibility index (Phi) is 4.41. The van der Waals surface area contributed by atoms with Gasteiger partial charge in [0.05, 0.1) is 0 Å². The minimum absolute atomic E-state index is 0.607. The Bertz CT molecular complexity index is 331. The molecule has 0 amide bonds. The van der Waals surface area contributed by atoms with E-state index in [1.165, 1.54) is 6.42 Å². The zero-order valence-corrected chi connectivity index (χ0v) is 11.4. The predicted molar refractivity (Wildman–Crippen MR) is 68.0 cm³/mol. The quantitative estimate of drug-likeness (QED) is 0.793. The maximum absolute atomic E-state index is 12.4. The molecule has 0 radical (unpaired) electrons. The summed E-state index contributed by atoms with van der Waals surface area (Å²) in [5.41, 5.74) is 0. The van der Waals surface area contributed by atoms with Crippen LogP contribution in [0.3, 0.4) is 0 Å². The van der Waals surface area contributed by atoms with Gasteiger partial charge in [0.2, 0.25) is 0 Å². The summed E-state index contributed by atoms with van der Waals surface area (Å²) in [7, 11) is -3.19. The van der Waals surface area contributed by atoms with Crippen molar-refractivity contribution in [3.63, 3.8) is 0 Å². The van der Waals surface area contributed by atoms with Crippen molar-refractivity contribution in [2.45, 2.75) is 26.2 Å². The maximum atomic E-state index is 12.4. The molecular formula is C11H23N3O2S. The number of hydrogen-bond donors (Lipinski definition) is 1. The Morgan fingerprint density at radius 3 is 2.12 bits per heavy atom. The van der Waals surface area contributed by atoms with Crippen LogP contribution in [0.4, 0.5) is 0 Å². The van der Waals surface area contributed by atoms with Crippen LogP contribution in [-0.4, -0.2) is 56.3 Å². The number of piperidine rings is 1. The van der Waals surface area contributed by atoms with Crippen LogP contribution >= 0.6 is 0 Å². The number of nitrogens with zero attached hydrogens (tertiary/aromatic N) is 2. The fourth-order valence-corrected chi connectivity index (χ4v) is 4.23. The molecule has 100 valence electrons. The smallest absolute Gasteiger partial charge is 0.282 e. The SMILES string of the molecule is CCC1CCN(S(=O)(=O)N2CCNCC2)CC1. The lowest BCUT2D eigenvalue weighted by atomic mass is 9.96. The average molecular weight is 261 g/mol. The summed E-state index contributed by atoms with van der Waals surface area (Å²) in [5, 5.41) is 3.18.